The van der Waals surface area contributed by atoms with Gasteiger partial charge < -0.3 is 9.15 Å². The van der Waals surface area contributed by atoms with Gasteiger partial charge in [-0.15, -0.1) is 0 Å². The summed E-state index contributed by atoms with van der Waals surface area (Å²) in [5.41, 5.74) is 0. The summed E-state index contributed by atoms with van der Waals surface area (Å²) >= 11 is 16.8. The van der Waals surface area contributed by atoms with E-state index in [1.807, 2.05) is 17.7 Å². The number of hydrogen-bond acceptors (Lipinski definition) is 2. The highest BCUT2D eigenvalue weighted by Gasteiger charge is 2.24. The van der Waals surface area contributed by atoms with E-state index in [1.54, 1.807) is 18.5 Å². The smallest absolute Gasteiger partial charge is 0.325 e. The fraction of sp³-hybridized carbons (Fsp3) is 0.300. The first kappa shape index (κ1) is 12.6. The van der Waals surface area contributed by atoms with Crippen LogP contribution in [-0.2, 0) is 7.05 Å². The molecule has 1 N–H and O–H groups in total. The Morgan fingerprint density at radius 3 is 2.82 bits per heavy atom. The van der Waals surface area contributed by atoms with E-state index in [4.69, 9.17) is 44.0 Å². The van der Waals surface area contributed by atoms with Crippen LogP contribution in [0.3, 0.4) is 0 Å². The number of furan rings is 1. The van der Waals surface area contributed by atoms with Crippen LogP contribution in [0.1, 0.15) is 0 Å². The van der Waals surface area contributed by atoms with Crippen molar-refractivity contribution in [3.63, 3.8) is 0 Å². The Balaban J connectivity index is 2.14. The third-order valence-electron chi connectivity index (χ3n) is 2.05. The molecule has 0 unspecified atom stereocenters. The highest BCUT2D eigenvalue weighted by molar-refractivity contribution is 6.67. The molecule has 2 aromatic heterocycles. The first-order valence-corrected chi connectivity index (χ1v) is 5.91. The molecule has 0 amide bonds. The predicted octanol–water partition coefficient (Wildman–Crippen LogP) is 2.85. The minimum Gasteiger partial charge on any atom is -0.456 e. The number of ether oxygens (including phenoxy) is 1. The van der Waals surface area contributed by atoms with Crippen molar-refractivity contribution < 1.29 is 13.7 Å². The molecule has 17 heavy (non-hydrogen) atoms. The summed E-state index contributed by atoms with van der Waals surface area (Å²) < 4.78 is 11.0. The van der Waals surface area contributed by atoms with Crippen LogP contribution in [0.15, 0.2) is 29.0 Å². The van der Waals surface area contributed by atoms with Gasteiger partial charge in [0.25, 0.3) is 0 Å². The molecule has 0 aliphatic heterocycles. The van der Waals surface area contributed by atoms with E-state index in [0.29, 0.717) is 11.6 Å². The van der Waals surface area contributed by atoms with Crippen molar-refractivity contribution in [2.24, 2.45) is 7.05 Å². The number of alkyl halides is 3. The summed E-state index contributed by atoms with van der Waals surface area (Å²) in [7, 11) is 1.86. The molecule has 0 spiro atoms. The van der Waals surface area contributed by atoms with Gasteiger partial charge in [0.15, 0.2) is 6.20 Å². The molecule has 2 heterocycles. The number of nitrogens with one attached hydrogen (secondary N) is 1. The van der Waals surface area contributed by atoms with Crippen LogP contribution in [0.5, 0.6) is 5.88 Å². The Morgan fingerprint density at radius 1 is 1.47 bits per heavy atom. The highest BCUT2D eigenvalue weighted by Crippen LogP contribution is 2.27. The van der Waals surface area contributed by atoms with Crippen molar-refractivity contribution in [3.05, 3.63) is 24.6 Å². The van der Waals surface area contributed by atoms with Gasteiger partial charge in [0.2, 0.25) is 9.55 Å². The number of aryl methyl sites for hydroxylation is 1. The van der Waals surface area contributed by atoms with Crippen LogP contribution in [-0.4, -0.2) is 15.4 Å². The van der Waals surface area contributed by atoms with Crippen molar-refractivity contribution >= 4 is 34.8 Å². The Kier molecular flexibility index (Phi) is 3.56. The largest absolute Gasteiger partial charge is 0.456 e. The lowest BCUT2D eigenvalue weighted by molar-refractivity contribution is -0.659. The van der Waals surface area contributed by atoms with Crippen molar-refractivity contribution in [1.82, 2.24) is 4.98 Å². The third-order valence-corrected chi connectivity index (χ3v) is 2.38. The molecule has 0 fully saturated rings. The molecule has 0 aromatic carbocycles. The van der Waals surface area contributed by atoms with Gasteiger partial charge in [-0.1, -0.05) is 34.8 Å². The number of aromatic amines is 1. The number of nitrogens with zero attached hydrogens (tertiary/aromatic N) is 1. The Bertz CT molecular complexity index is 488. The summed E-state index contributed by atoms with van der Waals surface area (Å²) in [6.07, 6.45) is 3.34. The van der Waals surface area contributed by atoms with Gasteiger partial charge in [-0.2, -0.15) is 0 Å². The van der Waals surface area contributed by atoms with Gasteiger partial charge in [0.05, 0.1) is 13.3 Å². The van der Waals surface area contributed by atoms with E-state index in [9.17, 15) is 0 Å². The maximum atomic E-state index is 5.60. The fourth-order valence-electron chi connectivity index (χ4n) is 1.36. The van der Waals surface area contributed by atoms with Gasteiger partial charge in [-0.05, 0) is 12.1 Å². The van der Waals surface area contributed by atoms with Crippen LogP contribution >= 0.6 is 34.8 Å². The first-order chi connectivity index (χ1) is 7.96. The molecule has 92 valence electrons. The quantitative estimate of drug-likeness (QED) is 0.699. The lowest BCUT2D eigenvalue weighted by Crippen LogP contribution is -2.27. The molecule has 4 nitrogen and oxygen atoms in total. The molecule has 0 saturated heterocycles. The summed E-state index contributed by atoms with van der Waals surface area (Å²) in [5.74, 6) is 1.98. The Labute approximate surface area is 113 Å². The molecule has 7 heteroatoms. The van der Waals surface area contributed by atoms with E-state index in [2.05, 4.69) is 4.98 Å². The maximum Gasteiger partial charge on any atom is 0.325 e. The van der Waals surface area contributed by atoms with E-state index >= 15 is 0 Å². The van der Waals surface area contributed by atoms with E-state index in [-0.39, 0.29) is 6.61 Å². The van der Waals surface area contributed by atoms with Gasteiger partial charge in [-0.3, -0.25) is 0 Å². The average molecular weight is 297 g/mol. The number of aromatic nitrogens is 2. The Hall–Kier alpha value is -0.840. The van der Waals surface area contributed by atoms with Crippen LogP contribution in [0.25, 0.3) is 11.6 Å². The number of rotatable bonds is 3. The van der Waals surface area contributed by atoms with E-state index in [0.717, 1.165) is 5.82 Å². The van der Waals surface area contributed by atoms with Crippen LogP contribution in [0, 0.1) is 0 Å². The average Bonchev–Trinajstić information content (AvgIpc) is 2.82. The second-order valence-electron chi connectivity index (χ2n) is 3.46. The van der Waals surface area contributed by atoms with Gasteiger partial charge in [0, 0.05) is 0 Å². The second kappa shape index (κ2) is 4.80. The first-order valence-electron chi connectivity index (χ1n) is 4.78. The predicted molar refractivity (Wildman–Crippen MR) is 65.5 cm³/mol. The summed E-state index contributed by atoms with van der Waals surface area (Å²) in [4.78, 5) is 3.03. The molecular formula is C10H10Cl3N2O2+. The second-order valence-corrected chi connectivity index (χ2v) is 5.98. The molecular weight excluding hydrogens is 286 g/mol. The number of hydrogen-bond donors (Lipinski definition) is 1. The third kappa shape index (κ3) is 3.31. The Morgan fingerprint density at radius 2 is 2.24 bits per heavy atom. The zero-order valence-electron chi connectivity index (χ0n) is 8.91. The number of halogens is 3. The normalized spacial score (nSPS) is 11.8. The minimum absolute atomic E-state index is 0.0320. The van der Waals surface area contributed by atoms with Crippen molar-refractivity contribution in [2.45, 2.75) is 3.79 Å². The van der Waals surface area contributed by atoms with Crippen molar-refractivity contribution in [1.29, 1.82) is 0 Å². The standard InChI is InChI=1S/C10H9Cl3N2O2/c1-15-5-8(17-6-10(11,12)13)14-9(15)7-3-2-4-16-7/h2-5H,6H2,1H3/p+1. The lowest BCUT2D eigenvalue weighted by atomic mass is 10.4. The molecule has 0 saturated carbocycles. The van der Waals surface area contributed by atoms with E-state index < -0.39 is 3.79 Å². The summed E-state index contributed by atoms with van der Waals surface area (Å²) in [6, 6.07) is 3.64. The zero-order valence-corrected chi connectivity index (χ0v) is 11.2. The van der Waals surface area contributed by atoms with Crippen LogP contribution in [0.2, 0.25) is 0 Å². The van der Waals surface area contributed by atoms with Crippen LogP contribution in [0.4, 0.5) is 0 Å². The molecule has 2 rings (SSSR count). The molecule has 2 aromatic rings. The molecule has 0 radical (unpaired) electrons. The van der Waals surface area contributed by atoms with Crippen molar-refractivity contribution in [3.8, 4) is 17.5 Å². The van der Waals surface area contributed by atoms with E-state index in [1.165, 1.54) is 0 Å². The number of H-pyrrole nitrogens is 1. The molecule has 0 bridgehead atoms. The van der Waals surface area contributed by atoms with Gasteiger partial charge in [0.1, 0.15) is 6.61 Å². The maximum absolute atomic E-state index is 5.60. The summed E-state index contributed by atoms with van der Waals surface area (Å²) in [6.45, 7) is -0.0320. The number of imidazole rings is 1. The minimum atomic E-state index is -1.44. The molecule has 0 aliphatic carbocycles. The fourth-order valence-corrected chi connectivity index (χ4v) is 1.52. The SMILES string of the molecule is C[n+]1cc(OCC(Cl)(Cl)Cl)[nH]c1-c1ccco1. The topological polar surface area (TPSA) is 42.0 Å². The summed E-state index contributed by atoms with van der Waals surface area (Å²) in [5, 5.41) is 0. The van der Waals surface area contributed by atoms with Crippen LogP contribution < -0.4 is 9.30 Å². The monoisotopic (exact) mass is 295 g/mol. The highest BCUT2D eigenvalue weighted by atomic mass is 35.6. The van der Waals surface area contributed by atoms with Crippen molar-refractivity contribution in [2.75, 3.05) is 6.61 Å². The zero-order chi connectivity index (χ0) is 12.5. The van der Waals surface area contributed by atoms with Gasteiger partial charge in [-0.25, -0.2) is 9.55 Å². The lowest BCUT2D eigenvalue weighted by Gasteiger charge is -2.08. The molecule has 0 atom stereocenters. The molecule has 0 aliphatic rings. The van der Waals surface area contributed by atoms with Gasteiger partial charge >= 0.3 is 11.7 Å².